The third-order valence-corrected chi connectivity index (χ3v) is 4.15. The van der Waals surface area contributed by atoms with Crippen molar-refractivity contribution in [2.75, 3.05) is 13.7 Å². The van der Waals surface area contributed by atoms with Crippen LogP contribution in [0.2, 0.25) is 0 Å². The number of hydrogen-bond donors (Lipinski definition) is 1. The summed E-state index contributed by atoms with van der Waals surface area (Å²) >= 11 is 0. The molecule has 140 valence electrons. The van der Waals surface area contributed by atoms with Crippen molar-refractivity contribution in [3.8, 4) is 11.5 Å². The van der Waals surface area contributed by atoms with Crippen LogP contribution in [-0.2, 0) is 6.61 Å². The van der Waals surface area contributed by atoms with Crippen LogP contribution in [0, 0.1) is 0 Å². The van der Waals surface area contributed by atoms with Crippen LogP contribution in [0.5, 0.6) is 11.5 Å². The number of ether oxygens (including phenoxy) is 2. The van der Waals surface area contributed by atoms with Crippen LogP contribution < -0.4 is 14.8 Å². The number of carbonyl (C=O) groups excluding carboxylic acids is 1. The van der Waals surface area contributed by atoms with Gasteiger partial charge >= 0.3 is 0 Å². The third kappa shape index (κ3) is 5.10. The van der Waals surface area contributed by atoms with Gasteiger partial charge in [-0.05, 0) is 23.6 Å². The van der Waals surface area contributed by atoms with Gasteiger partial charge in [-0.1, -0.05) is 48.5 Å². The van der Waals surface area contributed by atoms with Gasteiger partial charge in [0.2, 0.25) is 0 Å². The summed E-state index contributed by atoms with van der Waals surface area (Å²) in [6.45, 7) is 2.75. The number of rotatable bonds is 8. The van der Waals surface area contributed by atoms with E-state index in [1.807, 2.05) is 48.5 Å². The number of aromatic nitrogens is 1. The summed E-state index contributed by atoms with van der Waals surface area (Å²) in [7, 11) is 1.60. The first-order valence-electron chi connectivity index (χ1n) is 8.71. The zero-order valence-corrected chi connectivity index (χ0v) is 15.3. The summed E-state index contributed by atoms with van der Waals surface area (Å²) in [5, 5.41) is 6.70. The van der Waals surface area contributed by atoms with E-state index in [2.05, 4.69) is 17.4 Å². The summed E-state index contributed by atoms with van der Waals surface area (Å²) < 4.78 is 16.0. The lowest BCUT2D eigenvalue weighted by molar-refractivity contribution is 0.0942. The van der Waals surface area contributed by atoms with Gasteiger partial charge in [0.25, 0.3) is 5.91 Å². The molecule has 0 bridgehead atoms. The minimum atomic E-state index is -0.269. The highest BCUT2D eigenvalue weighted by Gasteiger charge is 2.14. The largest absolute Gasteiger partial charge is 0.497 e. The van der Waals surface area contributed by atoms with Gasteiger partial charge in [-0.2, -0.15) is 0 Å². The van der Waals surface area contributed by atoms with Gasteiger partial charge in [-0.25, -0.2) is 0 Å². The first-order chi connectivity index (χ1) is 13.2. The van der Waals surface area contributed by atoms with Crippen molar-refractivity contribution in [1.29, 1.82) is 0 Å². The second kappa shape index (κ2) is 8.89. The fourth-order valence-corrected chi connectivity index (χ4v) is 2.57. The van der Waals surface area contributed by atoms with Crippen molar-refractivity contribution < 1.29 is 18.8 Å². The Bertz CT molecular complexity index is 877. The Morgan fingerprint density at radius 2 is 1.89 bits per heavy atom. The molecule has 1 amide bonds. The zero-order chi connectivity index (χ0) is 19.1. The molecule has 3 aromatic rings. The molecule has 0 aliphatic rings. The Morgan fingerprint density at radius 3 is 2.67 bits per heavy atom. The fraction of sp³-hybridized carbons (Fsp3) is 0.238. The molecule has 0 fully saturated rings. The van der Waals surface area contributed by atoms with E-state index in [0.717, 1.165) is 0 Å². The smallest absolute Gasteiger partial charge is 0.273 e. The van der Waals surface area contributed by atoms with E-state index in [4.69, 9.17) is 14.0 Å². The average Bonchev–Trinajstić information content (AvgIpc) is 3.20. The van der Waals surface area contributed by atoms with Gasteiger partial charge in [-0.15, -0.1) is 0 Å². The Hall–Kier alpha value is -3.28. The second-order valence-electron chi connectivity index (χ2n) is 6.17. The number of carbonyl (C=O) groups is 1. The summed E-state index contributed by atoms with van der Waals surface area (Å²) in [6.07, 6.45) is 0. The predicted molar refractivity (Wildman–Crippen MR) is 101 cm³/mol. The molecule has 1 heterocycles. The van der Waals surface area contributed by atoms with Gasteiger partial charge < -0.3 is 19.3 Å². The molecule has 1 N–H and O–H groups in total. The Balaban J connectivity index is 1.51. The number of benzene rings is 2. The molecule has 0 unspecified atom stereocenters. The van der Waals surface area contributed by atoms with Crippen LogP contribution in [0.3, 0.4) is 0 Å². The van der Waals surface area contributed by atoms with Crippen LogP contribution in [0.1, 0.15) is 34.7 Å². The molecular weight excluding hydrogens is 344 g/mol. The summed E-state index contributed by atoms with van der Waals surface area (Å²) in [5.41, 5.74) is 1.41. The number of nitrogens with one attached hydrogen (secondary N) is 1. The minimum absolute atomic E-state index is 0.174. The number of hydrogen-bond acceptors (Lipinski definition) is 5. The normalized spacial score (nSPS) is 11.6. The molecule has 0 saturated carbocycles. The van der Waals surface area contributed by atoms with E-state index in [1.54, 1.807) is 19.2 Å². The Labute approximate surface area is 158 Å². The van der Waals surface area contributed by atoms with E-state index in [-0.39, 0.29) is 24.1 Å². The molecule has 0 aliphatic heterocycles. The van der Waals surface area contributed by atoms with Crippen molar-refractivity contribution >= 4 is 5.91 Å². The maximum absolute atomic E-state index is 12.3. The first kappa shape index (κ1) is 18.5. The van der Waals surface area contributed by atoms with Gasteiger partial charge in [-0.3, -0.25) is 4.79 Å². The minimum Gasteiger partial charge on any atom is -0.497 e. The fourth-order valence-electron chi connectivity index (χ4n) is 2.57. The van der Waals surface area contributed by atoms with Crippen molar-refractivity contribution in [2.24, 2.45) is 0 Å². The molecule has 2 aromatic carbocycles. The molecule has 1 aromatic heterocycles. The second-order valence-corrected chi connectivity index (χ2v) is 6.17. The summed E-state index contributed by atoms with van der Waals surface area (Å²) in [6, 6.07) is 18.9. The van der Waals surface area contributed by atoms with E-state index in [0.29, 0.717) is 23.8 Å². The zero-order valence-electron chi connectivity index (χ0n) is 15.3. The van der Waals surface area contributed by atoms with Crippen molar-refractivity contribution in [1.82, 2.24) is 10.5 Å². The molecular formula is C21H22N2O4. The average molecular weight is 366 g/mol. The number of methoxy groups -OCH3 is 1. The maximum atomic E-state index is 12.3. The molecule has 27 heavy (non-hydrogen) atoms. The van der Waals surface area contributed by atoms with Crippen molar-refractivity contribution in [2.45, 2.75) is 19.4 Å². The Kier molecular flexibility index (Phi) is 6.10. The van der Waals surface area contributed by atoms with E-state index in [1.165, 1.54) is 5.56 Å². The van der Waals surface area contributed by atoms with E-state index in [9.17, 15) is 4.79 Å². The predicted octanol–water partition coefficient (Wildman–Crippen LogP) is 3.80. The SMILES string of the molecule is COc1cccc(OCc2cc(C(=O)NC[C@@H](C)c3ccccc3)no2)c1. The monoisotopic (exact) mass is 366 g/mol. The topological polar surface area (TPSA) is 73.6 Å². The molecule has 6 nitrogen and oxygen atoms in total. The van der Waals surface area contributed by atoms with Crippen LogP contribution in [0.15, 0.2) is 65.2 Å². The lowest BCUT2D eigenvalue weighted by atomic mass is 10.0. The van der Waals surface area contributed by atoms with Crippen molar-refractivity contribution in [3.63, 3.8) is 0 Å². The molecule has 0 radical (unpaired) electrons. The standard InChI is InChI=1S/C21H22N2O4/c1-15(16-7-4-3-5-8-16)13-22-21(24)20-12-19(27-23-20)14-26-18-10-6-9-17(11-18)25-2/h3-12,15H,13-14H2,1-2H3,(H,22,24)/t15-/m1/s1. The van der Waals surface area contributed by atoms with Crippen LogP contribution in [0.4, 0.5) is 0 Å². The quantitative estimate of drug-likeness (QED) is 0.656. The molecule has 3 rings (SSSR count). The highest BCUT2D eigenvalue weighted by molar-refractivity contribution is 5.92. The van der Waals surface area contributed by atoms with Gasteiger partial charge in [0, 0.05) is 18.7 Å². The third-order valence-electron chi connectivity index (χ3n) is 4.15. The molecule has 0 spiro atoms. The molecule has 0 saturated heterocycles. The van der Waals surface area contributed by atoms with E-state index >= 15 is 0 Å². The summed E-state index contributed by atoms with van der Waals surface area (Å²) in [4.78, 5) is 12.3. The van der Waals surface area contributed by atoms with Gasteiger partial charge in [0.1, 0.15) is 18.1 Å². The lowest BCUT2D eigenvalue weighted by Crippen LogP contribution is -2.27. The Morgan fingerprint density at radius 1 is 1.11 bits per heavy atom. The number of amides is 1. The first-order valence-corrected chi connectivity index (χ1v) is 8.71. The van der Waals surface area contributed by atoms with Gasteiger partial charge in [0.05, 0.1) is 7.11 Å². The van der Waals surface area contributed by atoms with E-state index < -0.39 is 0 Å². The number of nitrogens with zero attached hydrogens (tertiary/aromatic N) is 1. The van der Waals surface area contributed by atoms with Crippen LogP contribution in [-0.4, -0.2) is 24.7 Å². The molecule has 6 heteroatoms. The molecule has 1 atom stereocenters. The van der Waals surface area contributed by atoms with Crippen molar-refractivity contribution in [3.05, 3.63) is 77.7 Å². The summed E-state index contributed by atoms with van der Waals surface area (Å²) in [5.74, 6) is 1.76. The van der Waals surface area contributed by atoms with Gasteiger partial charge in [0.15, 0.2) is 11.5 Å². The van der Waals surface area contributed by atoms with Crippen LogP contribution >= 0.6 is 0 Å². The molecule has 0 aliphatic carbocycles. The highest BCUT2D eigenvalue weighted by atomic mass is 16.5. The van der Waals surface area contributed by atoms with Crippen LogP contribution in [0.25, 0.3) is 0 Å². The highest BCUT2D eigenvalue weighted by Crippen LogP contribution is 2.20. The lowest BCUT2D eigenvalue weighted by Gasteiger charge is -2.12. The maximum Gasteiger partial charge on any atom is 0.273 e.